The molecule has 0 aliphatic heterocycles. The second-order valence-electron chi connectivity index (χ2n) is 1.91. The van der Waals surface area contributed by atoms with Crippen LogP contribution in [-0.2, 0) is 9.59 Å². The van der Waals surface area contributed by atoms with E-state index < -0.39 is 24.0 Å². The fourth-order valence-corrected chi connectivity index (χ4v) is 0.349. The van der Waals surface area contributed by atoms with Gasteiger partial charge in [-0.1, -0.05) is 0 Å². The molecule has 0 amide bonds. The van der Waals surface area contributed by atoms with Crippen LogP contribution in [-0.4, -0.2) is 33.4 Å². The van der Waals surface area contributed by atoms with E-state index in [0.29, 0.717) is 0 Å². The van der Waals surface area contributed by atoms with Gasteiger partial charge in [0.15, 0.2) is 6.10 Å². The monoisotopic (exact) mass is 148 g/mol. The van der Waals surface area contributed by atoms with E-state index >= 15 is 0 Å². The Hall–Kier alpha value is -1.10. The molecule has 58 valence electrons. The first kappa shape index (κ1) is 8.90. The summed E-state index contributed by atoms with van der Waals surface area (Å²) in [6.07, 6.45) is -1.82. The number of carboxylic acids is 2. The lowest BCUT2D eigenvalue weighted by atomic mass is 10.1. The van der Waals surface area contributed by atoms with Crippen molar-refractivity contribution < 1.29 is 24.9 Å². The van der Waals surface area contributed by atoms with Gasteiger partial charge < -0.3 is 15.3 Å². The summed E-state index contributed by atoms with van der Waals surface area (Å²) >= 11 is 0. The van der Waals surface area contributed by atoms with E-state index in [1.165, 1.54) is 0 Å². The number of hydrogen-bond acceptors (Lipinski definition) is 3. The van der Waals surface area contributed by atoms with Crippen molar-refractivity contribution in [3.63, 3.8) is 0 Å². The topological polar surface area (TPSA) is 94.8 Å². The number of rotatable bonds is 3. The van der Waals surface area contributed by atoms with E-state index in [0.717, 1.165) is 6.92 Å². The van der Waals surface area contributed by atoms with E-state index in [2.05, 4.69) is 0 Å². The summed E-state index contributed by atoms with van der Waals surface area (Å²) in [5.41, 5.74) is 0. The highest BCUT2D eigenvalue weighted by atomic mass is 16.4. The number of aliphatic carboxylic acids is 2. The molecule has 0 heterocycles. The summed E-state index contributed by atoms with van der Waals surface area (Å²) in [5, 5.41) is 24.9. The molecule has 0 aliphatic rings. The third-order valence-corrected chi connectivity index (χ3v) is 1.12. The van der Waals surface area contributed by atoms with Crippen molar-refractivity contribution >= 4 is 11.9 Å². The molecule has 3 N–H and O–H groups in total. The predicted octanol–water partition coefficient (Wildman–Crippen LogP) is -0.847. The zero-order chi connectivity index (χ0) is 8.31. The van der Waals surface area contributed by atoms with E-state index in [9.17, 15) is 9.59 Å². The maximum atomic E-state index is 10.0. The van der Waals surface area contributed by atoms with E-state index in [1.54, 1.807) is 0 Å². The average Bonchev–Trinajstić information content (AvgIpc) is 1.84. The number of aliphatic hydroxyl groups is 1. The Morgan fingerprint density at radius 3 is 1.70 bits per heavy atom. The van der Waals surface area contributed by atoms with E-state index in [4.69, 9.17) is 15.3 Å². The van der Waals surface area contributed by atoms with Crippen LogP contribution in [0.2, 0.25) is 0 Å². The number of carboxylic acid groups (broad SMARTS) is 2. The van der Waals surface area contributed by atoms with Gasteiger partial charge in [0, 0.05) is 0 Å². The third-order valence-electron chi connectivity index (χ3n) is 1.12. The minimum Gasteiger partial charge on any atom is -0.481 e. The smallest absolute Gasteiger partial charge is 0.333 e. The number of aliphatic hydroxyl groups excluding tert-OH is 1. The van der Waals surface area contributed by atoms with Crippen LogP contribution < -0.4 is 0 Å². The van der Waals surface area contributed by atoms with Gasteiger partial charge >= 0.3 is 11.9 Å². The van der Waals surface area contributed by atoms with Crippen molar-refractivity contribution in [2.24, 2.45) is 5.92 Å². The molecule has 0 rings (SSSR count). The second kappa shape index (κ2) is 3.17. The minimum atomic E-state index is -1.82. The van der Waals surface area contributed by atoms with Crippen LogP contribution in [0.15, 0.2) is 0 Å². The SMILES string of the molecule is C[C@H](C(=O)O)[C@H](O)C(=O)O. The quantitative estimate of drug-likeness (QED) is 0.484. The van der Waals surface area contributed by atoms with Gasteiger partial charge in [-0.2, -0.15) is 0 Å². The Bertz CT molecular complexity index is 134. The minimum absolute atomic E-state index is 1.13. The lowest BCUT2D eigenvalue weighted by Gasteiger charge is -2.08. The molecular weight excluding hydrogens is 140 g/mol. The molecule has 2 atom stereocenters. The molecule has 0 bridgehead atoms. The lowest BCUT2D eigenvalue weighted by Crippen LogP contribution is -2.32. The Morgan fingerprint density at radius 1 is 1.20 bits per heavy atom. The van der Waals surface area contributed by atoms with Crippen molar-refractivity contribution in [3.05, 3.63) is 0 Å². The number of hydrogen-bond donors (Lipinski definition) is 3. The molecule has 0 aromatic heterocycles. The summed E-state index contributed by atoms with van der Waals surface area (Å²) in [6.45, 7) is 1.13. The van der Waals surface area contributed by atoms with Crippen LogP contribution in [0, 0.1) is 5.92 Å². The molecule has 0 unspecified atom stereocenters. The summed E-state index contributed by atoms with van der Waals surface area (Å²) in [7, 11) is 0. The summed E-state index contributed by atoms with van der Waals surface area (Å²) in [6, 6.07) is 0. The molecule has 5 heteroatoms. The van der Waals surface area contributed by atoms with E-state index in [-0.39, 0.29) is 0 Å². The molecule has 0 saturated heterocycles. The van der Waals surface area contributed by atoms with Crippen molar-refractivity contribution in [1.29, 1.82) is 0 Å². The van der Waals surface area contributed by atoms with Crippen LogP contribution in [0.4, 0.5) is 0 Å². The van der Waals surface area contributed by atoms with Crippen LogP contribution >= 0.6 is 0 Å². The molecule has 0 radical (unpaired) electrons. The molecule has 0 aliphatic carbocycles. The van der Waals surface area contributed by atoms with Gasteiger partial charge in [-0.3, -0.25) is 4.79 Å². The largest absolute Gasteiger partial charge is 0.481 e. The van der Waals surface area contributed by atoms with Gasteiger partial charge in [0.1, 0.15) is 0 Å². The molecule has 0 aromatic carbocycles. The lowest BCUT2D eigenvalue weighted by molar-refractivity contribution is -0.158. The highest BCUT2D eigenvalue weighted by Crippen LogP contribution is 2.01. The number of carbonyl (C=O) groups is 2. The first-order valence-corrected chi connectivity index (χ1v) is 2.60. The van der Waals surface area contributed by atoms with Crippen LogP contribution in [0.5, 0.6) is 0 Å². The normalized spacial score (nSPS) is 15.8. The van der Waals surface area contributed by atoms with Crippen molar-refractivity contribution in [2.45, 2.75) is 13.0 Å². The van der Waals surface area contributed by atoms with Gasteiger partial charge in [-0.05, 0) is 6.92 Å². The van der Waals surface area contributed by atoms with Gasteiger partial charge in [0.25, 0.3) is 0 Å². The van der Waals surface area contributed by atoms with E-state index in [1.807, 2.05) is 0 Å². The van der Waals surface area contributed by atoms with Crippen LogP contribution in [0.3, 0.4) is 0 Å². The zero-order valence-corrected chi connectivity index (χ0v) is 5.31. The molecule has 10 heavy (non-hydrogen) atoms. The molecule has 0 saturated carbocycles. The summed E-state index contributed by atoms with van der Waals surface area (Å²) < 4.78 is 0. The van der Waals surface area contributed by atoms with Crippen molar-refractivity contribution in [1.82, 2.24) is 0 Å². The second-order valence-corrected chi connectivity index (χ2v) is 1.91. The zero-order valence-electron chi connectivity index (χ0n) is 5.31. The van der Waals surface area contributed by atoms with Gasteiger partial charge in [0.05, 0.1) is 5.92 Å². The fraction of sp³-hybridized carbons (Fsp3) is 0.600. The van der Waals surface area contributed by atoms with Crippen LogP contribution in [0.1, 0.15) is 6.92 Å². The van der Waals surface area contributed by atoms with Gasteiger partial charge in [-0.15, -0.1) is 0 Å². The van der Waals surface area contributed by atoms with Crippen molar-refractivity contribution in [2.75, 3.05) is 0 Å². The average molecular weight is 148 g/mol. The maximum absolute atomic E-state index is 10.0. The standard InChI is InChI=1S/C5H8O5/c1-2(4(7)8)3(6)5(9)10/h2-3,6H,1H3,(H,7,8)(H,9,10)/t2-,3-/m0/s1. The molecule has 5 nitrogen and oxygen atoms in total. The molecular formula is C5H8O5. The Balaban J connectivity index is 4.07. The maximum Gasteiger partial charge on any atom is 0.333 e. The molecule has 0 fully saturated rings. The van der Waals surface area contributed by atoms with Gasteiger partial charge in [-0.25, -0.2) is 4.79 Å². The Labute approximate surface area is 56.9 Å². The molecule has 0 spiro atoms. The van der Waals surface area contributed by atoms with Crippen molar-refractivity contribution in [3.8, 4) is 0 Å². The first-order chi connectivity index (χ1) is 4.46. The third kappa shape index (κ3) is 2.02. The fourth-order valence-electron chi connectivity index (χ4n) is 0.349. The highest BCUT2D eigenvalue weighted by Gasteiger charge is 2.26. The first-order valence-electron chi connectivity index (χ1n) is 2.60. The predicted molar refractivity (Wildman–Crippen MR) is 30.4 cm³/mol. The summed E-state index contributed by atoms with van der Waals surface area (Å²) in [5.74, 6) is -4.11. The Kier molecular flexibility index (Phi) is 2.82. The molecule has 0 aromatic rings. The summed E-state index contributed by atoms with van der Waals surface area (Å²) in [4.78, 5) is 20.0. The Morgan fingerprint density at radius 2 is 1.60 bits per heavy atom. The highest BCUT2D eigenvalue weighted by molar-refractivity contribution is 5.81. The van der Waals surface area contributed by atoms with Gasteiger partial charge in [0.2, 0.25) is 0 Å². The van der Waals surface area contributed by atoms with Crippen LogP contribution in [0.25, 0.3) is 0 Å².